The molecule has 0 bridgehead atoms. The summed E-state index contributed by atoms with van der Waals surface area (Å²) >= 11 is 0. The Hall–Kier alpha value is -2.50. The van der Waals surface area contributed by atoms with E-state index in [2.05, 4.69) is 15.6 Å². The fraction of sp³-hybridized carbons (Fsp3) is 0.474. The third-order valence-corrected chi connectivity index (χ3v) is 3.49. The predicted octanol–water partition coefficient (Wildman–Crippen LogP) is 3.14. The van der Waals surface area contributed by atoms with Gasteiger partial charge in [-0.1, -0.05) is 18.2 Å². The summed E-state index contributed by atoms with van der Waals surface area (Å²) in [5, 5.41) is 7.20. The first-order valence-corrected chi connectivity index (χ1v) is 8.51. The Balaban J connectivity index is 2.03. The number of furan rings is 1. The van der Waals surface area contributed by atoms with E-state index >= 15 is 0 Å². The number of hydrogen-bond acceptors (Lipinski definition) is 4. The van der Waals surface area contributed by atoms with Gasteiger partial charge in [-0.25, -0.2) is 4.99 Å². The van der Waals surface area contributed by atoms with Crippen LogP contribution in [0.1, 0.15) is 39.0 Å². The molecule has 2 aromatic rings. The summed E-state index contributed by atoms with van der Waals surface area (Å²) < 4.78 is 11.1. The van der Waals surface area contributed by atoms with Gasteiger partial charge in [0.25, 0.3) is 0 Å². The SMILES string of the molecule is CCNC(=NCc1oc2ccccc2c1C)NCC(=O)OC(C)(C)C. The zero-order chi connectivity index (χ0) is 18.4. The van der Waals surface area contributed by atoms with Gasteiger partial charge in [0.1, 0.15) is 30.0 Å². The van der Waals surface area contributed by atoms with Crippen molar-refractivity contribution >= 4 is 22.9 Å². The van der Waals surface area contributed by atoms with Crippen molar-refractivity contribution in [3.05, 3.63) is 35.6 Å². The summed E-state index contributed by atoms with van der Waals surface area (Å²) in [4.78, 5) is 16.3. The van der Waals surface area contributed by atoms with Crippen molar-refractivity contribution in [1.82, 2.24) is 10.6 Å². The van der Waals surface area contributed by atoms with E-state index in [0.717, 1.165) is 22.3 Å². The van der Waals surface area contributed by atoms with Crippen molar-refractivity contribution in [2.75, 3.05) is 13.1 Å². The number of carbonyl (C=O) groups is 1. The molecule has 1 aromatic carbocycles. The zero-order valence-electron chi connectivity index (χ0n) is 15.6. The number of benzene rings is 1. The third kappa shape index (κ3) is 5.52. The highest BCUT2D eigenvalue weighted by atomic mass is 16.6. The first-order chi connectivity index (χ1) is 11.8. The lowest BCUT2D eigenvalue weighted by Crippen LogP contribution is -2.41. The van der Waals surface area contributed by atoms with Gasteiger partial charge in [-0.15, -0.1) is 0 Å². The number of hydrogen-bond donors (Lipinski definition) is 2. The van der Waals surface area contributed by atoms with Crippen molar-refractivity contribution in [1.29, 1.82) is 0 Å². The van der Waals surface area contributed by atoms with Crippen LogP contribution >= 0.6 is 0 Å². The highest BCUT2D eigenvalue weighted by molar-refractivity contribution is 5.85. The van der Waals surface area contributed by atoms with Gasteiger partial charge in [0.15, 0.2) is 5.96 Å². The summed E-state index contributed by atoms with van der Waals surface area (Å²) in [5.41, 5.74) is 1.44. The van der Waals surface area contributed by atoms with Gasteiger partial charge in [0.2, 0.25) is 0 Å². The largest absolute Gasteiger partial charge is 0.459 e. The molecule has 0 radical (unpaired) electrons. The molecular formula is C19H27N3O3. The smallest absolute Gasteiger partial charge is 0.325 e. The normalized spacial score (nSPS) is 12.3. The van der Waals surface area contributed by atoms with E-state index < -0.39 is 5.60 Å². The molecule has 0 spiro atoms. The van der Waals surface area contributed by atoms with E-state index in [1.54, 1.807) is 0 Å². The van der Waals surface area contributed by atoms with Crippen LogP contribution in [0, 0.1) is 6.92 Å². The number of rotatable bonds is 5. The minimum absolute atomic E-state index is 0.0578. The monoisotopic (exact) mass is 345 g/mol. The molecular weight excluding hydrogens is 318 g/mol. The molecule has 2 N–H and O–H groups in total. The molecule has 0 aliphatic rings. The molecule has 0 saturated heterocycles. The molecule has 0 amide bonds. The molecule has 2 rings (SSSR count). The first kappa shape index (κ1) is 18.8. The molecule has 0 aliphatic carbocycles. The lowest BCUT2D eigenvalue weighted by atomic mass is 10.1. The molecule has 0 unspecified atom stereocenters. The molecule has 1 aromatic heterocycles. The standard InChI is InChI=1S/C19H27N3O3/c1-6-20-18(22-12-17(23)25-19(3,4)5)21-11-16-13(2)14-9-7-8-10-15(14)24-16/h7-10H,6,11-12H2,1-5H3,(H2,20,21,22). The number of guanidine groups is 1. The van der Waals surface area contributed by atoms with Gasteiger partial charge < -0.3 is 19.8 Å². The summed E-state index contributed by atoms with van der Waals surface area (Å²) in [7, 11) is 0. The maximum atomic E-state index is 11.8. The van der Waals surface area contributed by atoms with Crippen LogP contribution in [0.4, 0.5) is 0 Å². The Labute approximate surface area is 148 Å². The molecule has 1 heterocycles. The lowest BCUT2D eigenvalue weighted by Gasteiger charge is -2.20. The van der Waals surface area contributed by atoms with Crippen LogP contribution in [-0.2, 0) is 16.1 Å². The first-order valence-electron chi connectivity index (χ1n) is 8.51. The lowest BCUT2D eigenvalue weighted by molar-refractivity contribution is -0.153. The minimum atomic E-state index is -0.500. The number of esters is 1. The van der Waals surface area contributed by atoms with Crippen LogP contribution in [0.25, 0.3) is 11.0 Å². The minimum Gasteiger partial charge on any atom is -0.459 e. The van der Waals surface area contributed by atoms with E-state index in [4.69, 9.17) is 9.15 Å². The van der Waals surface area contributed by atoms with E-state index in [9.17, 15) is 4.79 Å². The van der Waals surface area contributed by atoms with E-state index in [0.29, 0.717) is 19.0 Å². The van der Waals surface area contributed by atoms with Crippen LogP contribution in [0.2, 0.25) is 0 Å². The van der Waals surface area contributed by atoms with Gasteiger partial charge in [-0.3, -0.25) is 4.79 Å². The van der Waals surface area contributed by atoms with Crippen molar-refractivity contribution in [3.63, 3.8) is 0 Å². The van der Waals surface area contributed by atoms with Gasteiger partial charge in [0.05, 0.1) is 0 Å². The molecule has 6 nitrogen and oxygen atoms in total. The number of fused-ring (bicyclic) bond motifs is 1. The van der Waals surface area contributed by atoms with Crippen LogP contribution < -0.4 is 10.6 Å². The van der Waals surface area contributed by atoms with E-state index in [1.807, 2.05) is 58.9 Å². The topological polar surface area (TPSA) is 75.9 Å². The number of aliphatic imine (C=N–C) groups is 1. The maximum Gasteiger partial charge on any atom is 0.325 e. The van der Waals surface area contributed by atoms with Crippen LogP contribution in [0.15, 0.2) is 33.7 Å². The summed E-state index contributed by atoms with van der Waals surface area (Å²) in [6, 6.07) is 7.92. The number of para-hydroxylation sites is 1. The highest BCUT2D eigenvalue weighted by Gasteiger charge is 2.16. The second-order valence-electron chi connectivity index (χ2n) is 6.78. The Morgan fingerprint density at radius 2 is 1.96 bits per heavy atom. The molecule has 25 heavy (non-hydrogen) atoms. The fourth-order valence-corrected chi connectivity index (χ4v) is 2.40. The van der Waals surface area contributed by atoms with Gasteiger partial charge in [-0.2, -0.15) is 0 Å². The molecule has 0 atom stereocenters. The van der Waals surface area contributed by atoms with E-state index in [1.165, 1.54) is 0 Å². The van der Waals surface area contributed by atoms with Gasteiger partial charge >= 0.3 is 5.97 Å². The van der Waals surface area contributed by atoms with Crippen molar-refractivity contribution in [2.45, 2.75) is 46.8 Å². The molecule has 136 valence electrons. The molecule has 6 heteroatoms. The van der Waals surface area contributed by atoms with Gasteiger partial charge in [-0.05, 0) is 40.7 Å². The van der Waals surface area contributed by atoms with Crippen molar-refractivity contribution in [3.8, 4) is 0 Å². The second-order valence-corrected chi connectivity index (χ2v) is 6.78. The van der Waals surface area contributed by atoms with E-state index in [-0.39, 0.29) is 12.5 Å². The molecule has 0 aliphatic heterocycles. The average Bonchev–Trinajstić information content (AvgIpc) is 2.85. The third-order valence-electron chi connectivity index (χ3n) is 3.49. The Kier molecular flexibility index (Phi) is 6.07. The summed E-state index contributed by atoms with van der Waals surface area (Å²) in [6.45, 7) is 10.7. The fourth-order valence-electron chi connectivity index (χ4n) is 2.40. The van der Waals surface area contributed by atoms with Crippen LogP contribution in [0.5, 0.6) is 0 Å². The molecule has 0 fully saturated rings. The number of ether oxygens (including phenoxy) is 1. The van der Waals surface area contributed by atoms with Crippen molar-refractivity contribution in [2.24, 2.45) is 4.99 Å². The number of carbonyl (C=O) groups excluding carboxylic acids is 1. The summed E-state index contributed by atoms with van der Waals surface area (Å²) in [5.74, 6) is 1.04. The van der Waals surface area contributed by atoms with Gasteiger partial charge in [0, 0.05) is 17.5 Å². The summed E-state index contributed by atoms with van der Waals surface area (Å²) in [6.07, 6.45) is 0. The quantitative estimate of drug-likeness (QED) is 0.495. The molecule has 0 saturated carbocycles. The Morgan fingerprint density at radius 3 is 2.60 bits per heavy atom. The number of nitrogens with one attached hydrogen (secondary N) is 2. The maximum absolute atomic E-state index is 11.8. The average molecular weight is 345 g/mol. The van der Waals surface area contributed by atoms with Crippen molar-refractivity contribution < 1.29 is 13.9 Å². The second kappa shape index (κ2) is 8.05. The highest BCUT2D eigenvalue weighted by Crippen LogP contribution is 2.25. The van der Waals surface area contributed by atoms with Crippen LogP contribution in [-0.4, -0.2) is 30.6 Å². The number of nitrogens with zero attached hydrogens (tertiary/aromatic N) is 1. The predicted molar refractivity (Wildman–Crippen MR) is 99.6 cm³/mol. The Bertz CT molecular complexity index is 757. The van der Waals surface area contributed by atoms with Crippen LogP contribution in [0.3, 0.4) is 0 Å². The zero-order valence-corrected chi connectivity index (χ0v) is 15.6. The Morgan fingerprint density at radius 1 is 1.24 bits per heavy atom. The number of aryl methyl sites for hydroxylation is 1.